The molecule has 1 atom stereocenters. The minimum absolute atomic E-state index is 0.0886. The van der Waals surface area contributed by atoms with Gasteiger partial charge in [-0.2, -0.15) is 0 Å². The Morgan fingerprint density at radius 3 is 2.53 bits per heavy atom. The van der Waals surface area contributed by atoms with Crippen LogP contribution in [0.15, 0.2) is 16.6 Å². The summed E-state index contributed by atoms with van der Waals surface area (Å²) in [6.07, 6.45) is 0.270. The fourth-order valence-corrected chi connectivity index (χ4v) is 4.19. The van der Waals surface area contributed by atoms with Gasteiger partial charge in [0.15, 0.2) is 0 Å². The molecule has 1 aromatic rings. The molecule has 1 rings (SSSR count). The van der Waals surface area contributed by atoms with Crippen molar-refractivity contribution in [2.24, 2.45) is 5.73 Å². The highest BCUT2D eigenvalue weighted by Gasteiger charge is 2.27. The first-order valence-corrected chi connectivity index (χ1v) is 8.65. The molecule has 0 bridgehead atoms. The largest absolute Gasteiger partial charge is 0.392 e. The van der Waals surface area contributed by atoms with Gasteiger partial charge in [-0.3, -0.25) is 4.72 Å². The molecule has 19 heavy (non-hydrogen) atoms. The first-order chi connectivity index (χ1) is 8.70. The molecule has 9 heteroatoms. The molecule has 1 unspecified atom stereocenters. The molecule has 0 fully saturated rings. The SMILES string of the molecule is CCC(C(N)=S)S(=O)(=O)Nc1ccc(Br)c(Cl)c1Cl. The zero-order chi connectivity index (χ0) is 14.8. The van der Waals surface area contributed by atoms with Crippen LogP contribution in [0.2, 0.25) is 10.0 Å². The third-order valence-corrected chi connectivity index (χ3v) is 6.40. The molecule has 0 aromatic heterocycles. The molecule has 0 spiro atoms. The van der Waals surface area contributed by atoms with Crippen LogP contribution in [0.5, 0.6) is 0 Å². The quantitative estimate of drug-likeness (QED) is 0.580. The van der Waals surface area contributed by atoms with Gasteiger partial charge in [-0.25, -0.2) is 8.42 Å². The summed E-state index contributed by atoms with van der Waals surface area (Å²) < 4.78 is 27.2. The highest BCUT2D eigenvalue weighted by atomic mass is 79.9. The van der Waals surface area contributed by atoms with E-state index in [2.05, 4.69) is 20.7 Å². The van der Waals surface area contributed by atoms with Gasteiger partial charge < -0.3 is 5.73 Å². The normalized spacial score (nSPS) is 13.1. The molecule has 0 aliphatic heterocycles. The predicted octanol–water partition coefficient (Wildman–Crippen LogP) is 3.56. The summed E-state index contributed by atoms with van der Waals surface area (Å²) in [5.41, 5.74) is 5.61. The van der Waals surface area contributed by atoms with E-state index < -0.39 is 15.3 Å². The fraction of sp³-hybridized carbons (Fsp3) is 0.300. The molecule has 0 saturated carbocycles. The number of sulfonamides is 1. The fourth-order valence-electron chi connectivity index (χ4n) is 1.40. The van der Waals surface area contributed by atoms with E-state index in [4.69, 9.17) is 41.2 Å². The molecule has 0 aliphatic rings. The molecule has 0 amide bonds. The first kappa shape index (κ1) is 17.0. The van der Waals surface area contributed by atoms with Crippen LogP contribution in [-0.4, -0.2) is 18.7 Å². The summed E-state index contributed by atoms with van der Waals surface area (Å²) in [6, 6.07) is 3.09. The minimum atomic E-state index is -3.75. The number of hydrogen-bond acceptors (Lipinski definition) is 3. The van der Waals surface area contributed by atoms with E-state index in [0.29, 0.717) is 4.47 Å². The lowest BCUT2D eigenvalue weighted by atomic mass is 10.3. The standard InChI is InChI=1S/C10H11BrCl2N2O2S2/c1-2-7(10(14)18)19(16,17)15-6-4-3-5(11)8(12)9(6)13/h3-4,7,15H,2H2,1H3,(H2,14,18). The van der Waals surface area contributed by atoms with Gasteiger partial charge in [0.25, 0.3) is 0 Å². The molecular formula is C10H11BrCl2N2O2S2. The van der Waals surface area contributed by atoms with Crippen LogP contribution in [0.3, 0.4) is 0 Å². The van der Waals surface area contributed by atoms with Crippen LogP contribution >= 0.6 is 51.3 Å². The maximum atomic E-state index is 12.1. The van der Waals surface area contributed by atoms with Crippen LogP contribution in [-0.2, 0) is 10.0 Å². The average molecular weight is 406 g/mol. The van der Waals surface area contributed by atoms with Crippen molar-refractivity contribution < 1.29 is 8.42 Å². The summed E-state index contributed by atoms with van der Waals surface area (Å²) in [5.74, 6) is 0. The smallest absolute Gasteiger partial charge is 0.242 e. The topological polar surface area (TPSA) is 72.2 Å². The summed E-state index contributed by atoms with van der Waals surface area (Å²) in [6.45, 7) is 1.68. The summed E-state index contributed by atoms with van der Waals surface area (Å²) in [5, 5.41) is -0.622. The van der Waals surface area contributed by atoms with Crippen molar-refractivity contribution in [3.05, 3.63) is 26.7 Å². The minimum Gasteiger partial charge on any atom is -0.392 e. The van der Waals surface area contributed by atoms with E-state index in [1.807, 2.05) is 0 Å². The van der Waals surface area contributed by atoms with Gasteiger partial charge in [-0.15, -0.1) is 0 Å². The zero-order valence-electron chi connectivity index (χ0n) is 9.78. The molecule has 0 heterocycles. The Bertz CT molecular complexity index is 608. The van der Waals surface area contributed by atoms with Gasteiger partial charge in [-0.05, 0) is 34.5 Å². The Labute approximate surface area is 135 Å². The van der Waals surface area contributed by atoms with E-state index in [9.17, 15) is 8.42 Å². The third-order valence-electron chi connectivity index (χ3n) is 2.35. The van der Waals surface area contributed by atoms with Crippen molar-refractivity contribution in [3.8, 4) is 0 Å². The first-order valence-electron chi connectivity index (χ1n) is 5.15. The van der Waals surface area contributed by atoms with Gasteiger partial charge in [-0.1, -0.05) is 42.3 Å². The summed E-state index contributed by atoms with van der Waals surface area (Å²) in [7, 11) is -3.75. The second-order valence-electron chi connectivity index (χ2n) is 3.67. The monoisotopic (exact) mass is 404 g/mol. The molecule has 0 saturated heterocycles. The number of hydrogen-bond donors (Lipinski definition) is 2. The van der Waals surface area contributed by atoms with Gasteiger partial charge in [0.2, 0.25) is 10.0 Å². The van der Waals surface area contributed by atoms with Gasteiger partial charge in [0.1, 0.15) is 5.25 Å². The van der Waals surface area contributed by atoms with Crippen molar-refractivity contribution in [3.63, 3.8) is 0 Å². The van der Waals surface area contributed by atoms with E-state index in [-0.39, 0.29) is 27.1 Å². The van der Waals surface area contributed by atoms with E-state index in [1.165, 1.54) is 6.07 Å². The lowest BCUT2D eigenvalue weighted by Crippen LogP contribution is -2.37. The molecule has 0 radical (unpaired) electrons. The predicted molar refractivity (Wildman–Crippen MR) is 87.6 cm³/mol. The van der Waals surface area contributed by atoms with Crippen molar-refractivity contribution in [2.45, 2.75) is 18.6 Å². The van der Waals surface area contributed by atoms with Gasteiger partial charge >= 0.3 is 0 Å². The van der Waals surface area contributed by atoms with Crippen molar-refractivity contribution >= 4 is 72.0 Å². The maximum absolute atomic E-state index is 12.1. The molecule has 3 N–H and O–H groups in total. The van der Waals surface area contributed by atoms with E-state index in [0.717, 1.165) is 0 Å². The van der Waals surface area contributed by atoms with Crippen LogP contribution in [0.4, 0.5) is 5.69 Å². The van der Waals surface area contributed by atoms with Crippen molar-refractivity contribution in [2.75, 3.05) is 4.72 Å². The number of anilines is 1. The second-order valence-corrected chi connectivity index (χ2v) is 7.61. The molecule has 0 aliphatic carbocycles. The second kappa shape index (κ2) is 6.58. The number of nitrogens with one attached hydrogen (secondary N) is 1. The number of halogens is 3. The maximum Gasteiger partial charge on any atom is 0.242 e. The third kappa shape index (κ3) is 3.95. The van der Waals surface area contributed by atoms with E-state index in [1.54, 1.807) is 13.0 Å². The summed E-state index contributed by atoms with van der Waals surface area (Å²) >= 11 is 19.8. The number of rotatable bonds is 5. The Morgan fingerprint density at radius 2 is 2.05 bits per heavy atom. The number of nitrogens with two attached hydrogens (primary N) is 1. The molecule has 106 valence electrons. The molecular weight excluding hydrogens is 395 g/mol. The zero-order valence-corrected chi connectivity index (χ0v) is 14.5. The highest BCUT2D eigenvalue weighted by Crippen LogP contribution is 2.36. The Kier molecular flexibility index (Phi) is 5.88. The number of benzene rings is 1. The van der Waals surface area contributed by atoms with Gasteiger partial charge in [0.05, 0.1) is 20.7 Å². The highest BCUT2D eigenvalue weighted by molar-refractivity contribution is 9.10. The lowest BCUT2D eigenvalue weighted by Gasteiger charge is -2.17. The number of thiocarbonyl (C=S) groups is 1. The lowest BCUT2D eigenvalue weighted by molar-refractivity contribution is 0.594. The Hall–Kier alpha value is -0.0800. The Morgan fingerprint density at radius 1 is 1.47 bits per heavy atom. The Balaban J connectivity index is 3.16. The molecule has 4 nitrogen and oxygen atoms in total. The summed E-state index contributed by atoms with van der Waals surface area (Å²) in [4.78, 5) is -0.0886. The average Bonchev–Trinajstić information content (AvgIpc) is 2.30. The van der Waals surface area contributed by atoms with Crippen LogP contribution in [0.1, 0.15) is 13.3 Å². The van der Waals surface area contributed by atoms with Gasteiger partial charge in [0, 0.05) is 4.47 Å². The van der Waals surface area contributed by atoms with E-state index >= 15 is 0 Å². The van der Waals surface area contributed by atoms with Crippen molar-refractivity contribution in [1.29, 1.82) is 0 Å². The molecule has 1 aromatic carbocycles. The van der Waals surface area contributed by atoms with Crippen molar-refractivity contribution in [1.82, 2.24) is 0 Å². The van der Waals surface area contributed by atoms with Crippen LogP contribution in [0.25, 0.3) is 0 Å². The van der Waals surface area contributed by atoms with Crippen LogP contribution in [0, 0.1) is 0 Å². The van der Waals surface area contributed by atoms with Crippen LogP contribution < -0.4 is 10.5 Å².